The molecule has 1 aromatic carbocycles. The fraction of sp³-hybridized carbons (Fsp3) is 0.562. The molecule has 0 aromatic heterocycles. The molecule has 3 rings (SSSR count). The Morgan fingerprint density at radius 3 is 2.25 bits per heavy atom. The summed E-state index contributed by atoms with van der Waals surface area (Å²) in [6, 6.07) is 7.79. The fourth-order valence-electron chi connectivity index (χ4n) is 3.37. The Morgan fingerprint density at radius 1 is 1.30 bits per heavy atom. The van der Waals surface area contributed by atoms with Crippen molar-refractivity contribution >= 4 is 5.91 Å². The molecular formula is C16H21NO3. The Balaban J connectivity index is 1.90. The molecule has 4 heteroatoms. The van der Waals surface area contributed by atoms with Gasteiger partial charge in [0.2, 0.25) is 5.91 Å². The summed E-state index contributed by atoms with van der Waals surface area (Å²) in [6.45, 7) is 5.19. The Kier molecular flexibility index (Phi) is 2.83. The zero-order valence-electron chi connectivity index (χ0n) is 12.2. The molecule has 20 heavy (non-hydrogen) atoms. The van der Waals surface area contributed by atoms with E-state index in [1.54, 1.807) is 12.0 Å². The molecule has 1 aromatic rings. The molecule has 1 atom stereocenters. The molecule has 1 heterocycles. The van der Waals surface area contributed by atoms with E-state index in [1.165, 1.54) is 0 Å². The third-order valence-corrected chi connectivity index (χ3v) is 4.83. The van der Waals surface area contributed by atoms with E-state index in [9.17, 15) is 9.90 Å². The molecule has 1 saturated carbocycles. The molecule has 0 radical (unpaired) electrons. The van der Waals surface area contributed by atoms with Crippen molar-refractivity contribution < 1.29 is 14.6 Å². The van der Waals surface area contributed by atoms with Crippen molar-refractivity contribution in [2.75, 3.05) is 20.2 Å². The summed E-state index contributed by atoms with van der Waals surface area (Å²) in [5.74, 6) is 0.951. The number of rotatable bonds is 3. The van der Waals surface area contributed by atoms with Gasteiger partial charge in [-0.05, 0) is 29.5 Å². The Hall–Kier alpha value is -1.55. The third-order valence-electron chi connectivity index (χ3n) is 4.83. The van der Waals surface area contributed by atoms with E-state index in [1.807, 2.05) is 24.3 Å². The second-order valence-corrected chi connectivity index (χ2v) is 6.56. The van der Waals surface area contributed by atoms with Crippen molar-refractivity contribution in [3.63, 3.8) is 0 Å². The highest BCUT2D eigenvalue weighted by molar-refractivity contribution is 5.93. The van der Waals surface area contributed by atoms with Crippen molar-refractivity contribution in [1.82, 2.24) is 4.90 Å². The second-order valence-electron chi connectivity index (χ2n) is 6.56. The summed E-state index contributed by atoms with van der Waals surface area (Å²) in [7, 11) is 1.64. The molecule has 2 fully saturated rings. The Bertz CT molecular complexity index is 531. The first-order valence-corrected chi connectivity index (χ1v) is 7.03. The van der Waals surface area contributed by atoms with Gasteiger partial charge >= 0.3 is 0 Å². The minimum Gasteiger partial charge on any atom is -0.497 e. The average Bonchev–Trinajstić information content (AvgIpc) is 2.99. The third kappa shape index (κ3) is 1.74. The molecule has 1 aliphatic carbocycles. The van der Waals surface area contributed by atoms with E-state index < -0.39 is 5.41 Å². The van der Waals surface area contributed by atoms with E-state index in [4.69, 9.17) is 4.74 Å². The lowest BCUT2D eigenvalue weighted by Gasteiger charge is -2.39. The average molecular weight is 275 g/mol. The van der Waals surface area contributed by atoms with Crippen molar-refractivity contribution in [1.29, 1.82) is 0 Å². The number of aliphatic hydroxyl groups excluding tert-OH is 1. The van der Waals surface area contributed by atoms with Crippen LogP contribution in [0.2, 0.25) is 0 Å². The lowest BCUT2D eigenvalue weighted by atomic mass is 9.85. The van der Waals surface area contributed by atoms with Crippen LogP contribution < -0.4 is 4.74 Å². The van der Waals surface area contributed by atoms with Gasteiger partial charge in [-0.25, -0.2) is 0 Å². The minimum absolute atomic E-state index is 0.0286. The van der Waals surface area contributed by atoms with Crippen LogP contribution in [0.4, 0.5) is 0 Å². The predicted molar refractivity (Wildman–Crippen MR) is 75.7 cm³/mol. The maximum Gasteiger partial charge on any atom is 0.233 e. The van der Waals surface area contributed by atoms with Gasteiger partial charge in [0.25, 0.3) is 0 Å². The van der Waals surface area contributed by atoms with Crippen LogP contribution in [0.1, 0.15) is 25.8 Å². The van der Waals surface area contributed by atoms with Gasteiger partial charge in [0.05, 0.1) is 18.6 Å². The number of benzene rings is 1. The first-order valence-electron chi connectivity index (χ1n) is 7.03. The number of hydrogen-bond acceptors (Lipinski definition) is 3. The topological polar surface area (TPSA) is 49.8 Å². The summed E-state index contributed by atoms with van der Waals surface area (Å²) < 4.78 is 5.18. The first kappa shape index (κ1) is 13.4. The number of amides is 1. The molecule has 2 aliphatic rings. The van der Waals surface area contributed by atoms with Gasteiger partial charge in [0, 0.05) is 13.1 Å². The summed E-state index contributed by atoms with van der Waals surface area (Å²) in [6.07, 6.45) is 0.506. The van der Waals surface area contributed by atoms with Gasteiger partial charge < -0.3 is 14.7 Å². The van der Waals surface area contributed by atoms with Crippen LogP contribution in [0, 0.1) is 5.41 Å². The van der Waals surface area contributed by atoms with Crippen LogP contribution in [-0.2, 0) is 10.2 Å². The number of nitrogens with zero attached hydrogens (tertiary/aromatic N) is 1. The van der Waals surface area contributed by atoms with Gasteiger partial charge in [-0.3, -0.25) is 4.79 Å². The largest absolute Gasteiger partial charge is 0.497 e. The fourth-order valence-corrected chi connectivity index (χ4v) is 3.37. The highest BCUT2D eigenvalue weighted by Crippen LogP contribution is 2.65. The maximum absolute atomic E-state index is 12.8. The lowest BCUT2D eigenvalue weighted by Crippen LogP contribution is -2.57. The highest BCUT2D eigenvalue weighted by Gasteiger charge is 2.68. The standard InChI is InChI=1S/C16H21NO3/c1-15(2)10-16(15,14(19)17-8-12(18)9-17)11-4-6-13(20-3)7-5-11/h4-7,12,18H,8-10H2,1-3H3/t16-/m1/s1. The van der Waals surface area contributed by atoms with Crippen LogP contribution in [0.3, 0.4) is 0 Å². The van der Waals surface area contributed by atoms with Crippen LogP contribution in [0.15, 0.2) is 24.3 Å². The van der Waals surface area contributed by atoms with Crippen LogP contribution in [0.5, 0.6) is 5.75 Å². The van der Waals surface area contributed by atoms with E-state index in [0.29, 0.717) is 13.1 Å². The number of β-amino-alcohol motifs (C(OH)–C–C–N with tert-alkyl or cyclic N) is 1. The Labute approximate surface area is 119 Å². The zero-order valence-corrected chi connectivity index (χ0v) is 12.2. The summed E-state index contributed by atoms with van der Waals surface area (Å²) in [5, 5.41) is 9.41. The van der Waals surface area contributed by atoms with Crippen molar-refractivity contribution in [3.05, 3.63) is 29.8 Å². The van der Waals surface area contributed by atoms with Crippen molar-refractivity contribution in [2.24, 2.45) is 5.41 Å². The number of methoxy groups -OCH3 is 1. The van der Waals surface area contributed by atoms with E-state index in [-0.39, 0.29) is 17.4 Å². The number of likely N-dealkylation sites (tertiary alicyclic amines) is 1. The van der Waals surface area contributed by atoms with Crippen LogP contribution in [0.25, 0.3) is 0 Å². The van der Waals surface area contributed by atoms with Gasteiger partial charge in [0.15, 0.2) is 0 Å². The first-order chi connectivity index (χ1) is 9.40. The van der Waals surface area contributed by atoms with E-state index in [0.717, 1.165) is 17.7 Å². The van der Waals surface area contributed by atoms with Crippen molar-refractivity contribution in [3.8, 4) is 5.75 Å². The molecule has 1 aliphatic heterocycles. The molecule has 4 nitrogen and oxygen atoms in total. The summed E-state index contributed by atoms with van der Waals surface area (Å²) in [5.41, 5.74) is 0.591. The molecule has 0 unspecified atom stereocenters. The number of carbonyl (C=O) groups is 1. The molecule has 0 bridgehead atoms. The molecule has 0 spiro atoms. The molecule has 1 N–H and O–H groups in total. The molecule has 1 amide bonds. The normalized spacial score (nSPS) is 27.9. The zero-order chi connectivity index (χ0) is 14.5. The quantitative estimate of drug-likeness (QED) is 0.911. The number of carbonyl (C=O) groups excluding carboxylic acids is 1. The van der Waals surface area contributed by atoms with E-state index >= 15 is 0 Å². The Morgan fingerprint density at radius 2 is 1.85 bits per heavy atom. The maximum atomic E-state index is 12.8. The SMILES string of the molecule is COc1ccc([C@@]2(C(=O)N3CC(O)C3)CC2(C)C)cc1. The second kappa shape index (κ2) is 4.22. The minimum atomic E-state index is -0.431. The van der Waals surface area contributed by atoms with Gasteiger partial charge in [-0.15, -0.1) is 0 Å². The molecule has 1 saturated heterocycles. The molecular weight excluding hydrogens is 254 g/mol. The summed E-state index contributed by atoms with van der Waals surface area (Å²) >= 11 is 0. The number of aliphatic hydroxyl groups is 1. The predicted octanol–water partition coefficient (Wildman–Crippen LogP) is 1.57. The van der Waals surface area contributed by atoms with E-state index in [2.05, 4.69) is 13.8 Å². The van der Waals surface area contributed by atoms with Crippen LogP contribution in [-0.4, -0.2) is 42.2 Å². The molecule has 108 valence electrons. The van der Waals surface area contributed by atoms with Gasteiger partial charge in [-0.1, -0.05) is 26.0 Å². The summed E-state index contributed by atoms with van der Waals surface area (Å²) in [4.78, 5) is 14.6. The van der Waals surface area contributed by atoms with Gasteiger partial charge in [-0.2, -0.15) is 0 Å². The lowest BCUT2D eigenvalue weighted by molar-refractivity contribution is -0.145. The number of ether oxygens (including phenoxy) is 1. The smallest absolute Gasteiger partial charge is 0.233 e. The highest BCUT2D eigenvalue weighted by atomic mass is 16.5. The van der Waals surface area contributed by atoms with Crippen LogP contribution >= 0.6 is 0 Å². The monoisotopic (exact) mass is 275 g/mol. The van der Waals surface area contributed by atoms with Gasteiger partial charge in [0.1, 0.15) is 5.75 Å². The van der Waals surface area contributed by atoms with Crippen molar-refractivity contribution in [2.45, 2.75) is 31.8 Å². The number of hydrogen-bond donors (Lipinski definition) is 1.